The van der Waals surface area contributed by atoms with E-state index in [1.165, 1.54) is 10.9 Å². The zero-order valence-electron chi connectivity index (χ0n) is 11.1. The minimum Gasteiger partial charge on any atom is -0.370 e. The van der Waals surface area contributed by atoms with Gasteiger partial charge in [0.25, 0.3) is 0 Å². The SMILES string of the molecule is CCNc1cc(C)nc(Cn2ccc(C(F)(F)F)n2)n1. The molecule has 0 saturated heterocycles. The van der Waals surface area contributed by atoms with Gasteiger partial charge in [-0.15, -0.1) is 0 Å². The smallest absolute Gasteiger partial charge is 0.370 e. The van der Waals surface area contributed by atoms with E-state index in [-0.39, 0.29) is 6.54 Å². The topological polar surface area (TPSA) is 55.6 Å². The van der Waals surface area contributed by atoms with Gasteiger partial charge in [0.1, 0.15) is 12.4 Å². The van der Waals surface area contributed by atoms with Crippen molar-refractivity contribution in [3.05, 3.63) is 35.5 Å². The van der Waals surface area contributed by atoms with Gasteiger partial charge in [0.15, 0.2) is 11.5 Å². The van der Waals surface area contributed by atoms with Crippen molar-refractivity contribution in [2.24, 2.45) is 0 Å². The number of nitrogens with one attached hydrogen (secondary N) is 1. The van der Waals surface area contributed by atoms with Gasteiger partial charge in [0.05, 0.1) is 0 Å². The second-order valence-corrected chi connectivity index (χ2v) is 4.24. The summed E-state index contributed by atoms with van der Waals surface area (Å²) in [6, 6.07) is 2.71. The predicted molar refractivity (Wildman–Crippen MR) is 67.3 cm³/mol. The maximum atomic E-state index is 12.5. The zero-order chi connectivity index (χ0) is 14.8. The Morgan fingerprint density at radius 2 is 2.05 bits per heavy atom. The third kappa shape index (κ3) is 3.46. The molecule has 0 aliphatic heterocycles. The number of nitrogens with zero attached hydrogens (tertiary/aromatic N) is 4. The van der Waals surface area contributed by atoms with E-state index in [0.717, 1.165) is 11.8 Å². The van der Waals surface area contributed by atoms with E-state index in [1.54, 1.807) is 13.0 Å². The van der Waals surface area contributed by atoms with E-state index in [0.29, 0.717) is 18.2 Å². The lowest BCUT2D eigenvalue weighted by Gasteiger charge is -2.07. The monoisotopic (exact) mass is 285 g/mol. The van der Waals surface area contributed by atoms with E-state index in [1.807, 2.05) is 6.92 Å². The van der Waals surface area contributed by atoms with E-state index in [9.17, 15) is 13.2 Å². The third-order valence-electron chi connectivity index (χ3n) is 2.49. The van der Waals surface area contributed by atoms with Crippen molar-refractivity contribution >= 4 is 5.82 Å². The molecule has 5 nitrogen and oxygen atoms in total. The average molecular weight is 285 g/mol. The summed E-state index contributed by atoms with van der Waals surface area (Å²) in [4.78, 5) is 8.42. The van der Waals surface area contributed by atoms with Crippen LogP contribution in [0.5, 0.6) is 0 Å². The van der Waals surface area contributed by atoms with Crippen molar-refractivity contribution in [3.8, 4) is 0 Å². The molecule has 0 radical (unpaired) electrons. The number of halogens is 3. The number of rotatable bonds is 4. The summed E-state index contributed by atoms with van der Waals surface area (Å²) in [5.74, 6) is 1.07. The van der Waals surface area contributed by atoms with Crippen LogP contribution >= 0.6 is 0 Å². The maximum absolute atomic E-state index is 12.5. The molecule has 0 saturated carbocycles. The number of alkyl halides is 3. The van der Waals surface area contributed by atoms with Gasteiger partial charge in [-0.05, 0) is 19.9 Å². The fraction of sp³-hybridized carbons (Fsp3) is 0.417. The number of hydrogen-bond donors (Lipinski definition) is 1. The van der Waals surface area contributed by atoms with E-state index in [2.05, 4.69) is 20.4 Å². The van der Waals surface area contributed by atoms with Gasteiger partial charge >= 0.3 is 6.18 Å². The minimum absolute atomic E-state index is 0.0934. The Labute approximate surface area is 113 Å². The summed E-state index contributed by atoms with van der Waals surface area (Å²) in [6.07, 6.45) is -3.17. The molecule has 0 unspecified atom stereocenters. The highest BCUT2D eigenvalue weighted by atomic mass is 19.4. The van der Waals surface area contributed by atoms with Crippen molar-refractivity contribution < 1.29 is 13.2 Å². The van der Waals surface area contributed by atoms with Crippen LogP contribution in [0.25, 0.3) is 0 Å². The maximum Gasteiger partial charge on any atom is 0.435 e. The standard InChI is InChI=1S/C12H14F3N5/c1-3-16-10-6-8(2)17-11(18-10)7-20-5-4-9(19-20)12(13,14)15/h4-6H,3,7H2,1-2H3,(H,16,17,18). The Balaban J connectivity index is 2.19. The van der Waals surface area contributed by atoms with E-state index >= 15 is 0 Å². The van der Waals surface area contributed by atoms with Crippen LogP contribution in [0.4, 0.5) is 19.0 Å². The van der Waals surface area contributed by atoms with Crippen LogP contribution in [0.15, 0.2) is 18.3 Å². The summed E-state index contributed by atoms with van der Waals surface area (Å²) in [6.45, 7) is 4.53. The highest BCUT2D eigenvalue weighted by molar-refractivity contribution is 5.35. The number of anilines is 1. The molecule has 0 aliphatic carbocycles. The molecule has 2 aromatic rings. The average Bonchev–Trinajstić information content (AvgIpc) is 2.76. The van der Waals surface area contributed by atoms with Crippen LogP contribution < -0.4 is 5.32 Å². The Morgan fingerprint density at radius 1 is 1.30 bits per heavy atom. The van der Waals surface area contributed by atoms with Gasteiger partial charge in [-0.3, -0.25) is 4.68 Å². The van der Waals surface area contributed by atoms with Crippen LogP contribution in [0.3, 0.4) is 0 Å². The molecule has 2 rings (SSSR count). The molecule has 0 aromatic carbocycles. The third-order valence-corrected chi connectivity index (χ3v) is 2.49. The molecule has 0 spiro atoms. The lowest BCUT2D eigenvalue weighted by atomic mass is 10.4. The summed E-state index contributed by atoms with van der Waals surface area (Å²) in [7, 11) is 0. The van der Waals surface area contributed by atoms with Crippen LogP contribution in [0.2, 0.25) is 0 Å². The first-order valence-electron chi connectivity index (χ1n) is 6.07. The fourth-order valence-corrected chi connectivity index (χ4v) is 1.72. The van der Waals surface area contributed by atoms with Gasteiger partial charge in [0, 0.05) is 24.5 Å². The lowest BCUT2D eigenvalue weighted by Crippen LogP contribution is -2.11. The van der Waals surface area contributed by atoms with Crippen molar-refractivity contribution in [2.45, 2.75) is 26.6 Å². The van der Waals surface area contributed by atoms with Gasteiger partial charge < -0.3 is 5.32 Å². The Kier molecular flexibility index (Phi) is 3.91. The molecule has 0 atom stereocenters. The Bertz CT molecular complexity index is 591. The normalized spacial score (nSPS) is 11.7. The number of aryl methyl sites for hydroxylation is 1. The number of hydrogen-bond acceptors (Lipinski definition) is 4. The highest BCUT2D eigenvalue weighted by Crippen LogP contribution is 2.27. The van der Waals surface area contributed by atoms with Crippen molar-refractivity contribution in [3.63, 3.8) is 0 Å². The first kappa shape index (κ1) is 14.3. The largest absolute Gasteiger partial charge is 0.435 e. The minimum atomic E-state index is -4.44. The Hall–Kier alpha value is -2.12. The fourth-order valence-electron chi connectivity index (χ4n) is 1.72. The second kappa shape index (κ2) is 5.48. The molecular weight excluding hydrogens is 271 g/mol. The quantitative estimate of drug-likeness (QED) is 0.937. The second-order valence-electron chi connectivity index (χ2n) is 4.24. The Morgan fingerprint density at radius 3 is 2.65 bits per heavy atom. The van der Waals surface area contributed by atoms with Crippen molar-refractivity contribution in [1.29, 1.82) is 0 Å². The summed E-state index contributed by atoms with van der Waals surface area (Å²) in [5.41, 5.74) is -0.175. The van der Waals surface area contributed by atoms with Crippen molar-refractivity contribution in [1.82, 2.24) is 19.7 Å². The molecule has 0 amide bonds. The number of aromatic nitrogens is 4. The van der Waals surface area contributed by atoms with Gasteiger partial charge in [-0.1, -0.05) is 0 Å². The van der Waals surface area contributed by atoms with Crippen molar-refractivity contribution in [2.75, 3.05) is 11.9 Å². The summed E-state index contributed by atoms with van der Waals surface area (Å²) >= 11 is 0. The van der Waals surface area contributed by atoms with Crippen LogP contribution in [0, 0.1) is 6.92 Å². The molecule has 20 heavy (non-hydrogen) atoms. The summed E-state index contributed by atoms with van der Waals surface area (Å²) in [5, 5.41) is 6.52. The van der Waals surface area contributed by atoms with Crippen LogP contribution in [-0.2, 0) is 12.7 Å². The molecule has 2 heterocycles. The molecule has 2 aromatic heterocycles. The van der Waals surface area contributed by atoms with Gasteiger partial charge in [-0.2, -0.15) is 18.3 Å². The molecule has 108 valence electrons. The molecule has 1 N–H and O–H groups in total. The van der Waals surface area contributed by atoms with Crippen LogP contribution in [-0.4, -0.2) is 26.3 Å². The van der Waals surface area contributed by atoms with Gasteiger partial charge in [-0.25, -0.2) is 9.97 Å². The lowest BCUT2D eigenvalue weighted by molar-refractivity contribution is -0.141. The van der Waals surface area contributed by atoms with Gasteiger partial charge in [0.2, 0.25) is 0 Å². The van der Waals surface area contributed by atoms with Crippen LogP contribution in [0.1, 0.15) is 24.1 Å². The predicted octanol–water partition coefficient (Wildman–Crippen LogP) is 2.48. The highest BCUT2D eigenvalue weighted by Gasteiger charge is 2.33. The zero-order valence-corrected chi connectivity index (χ0v) is 11.1. The molecule has 8 heteroatoms. The molecular formula is C12H14F3N5. The molecule has 0 bridgehead atoms. The summed E-state index contributed by atoms with van der Waals surface area (Å²) < 4.78 is 38.5. The molecule has 0 fully saturated rings. The first-order valence-corrected chi connectivity index (χ1v) is 6.07. The van der Waals surface area contributed by atoms with E-state index in [4.69, 9.17) is 0 Å². The van der Waals surface area contributed by atoms with E-state index < -0.39 is 11.9 Å². The first-order chi connectivity index (χ1) is 9.38. The molecule has 0 aliphatic rings.